The number of ether oxygens (including phenoxy) is 1. The van der Waals surface area contributed by atoms with E-state index in [1.54, 1.807) is 7.11 Å². The van der Waals surface area contributed by atoms with E-state index in [9.17, 15) is 4.79 Å². The smallest absolute Gasteiger partial charge is 0.233 e. The number of benzene rings is 2. The zero-order valence-electron chi connectivity index (χ0n) is 17.3. The van der Waals surface area contributed by atoms with Crippen LogP contribution in [0.3, 0.4) is 0 Å². The van der Waals surface area contributed by atoms with Crippen LogP contribution < -0.4 is 4.74 Å². The predicted octanol–water partition coefficient (Wildman–Crippen LogP) is 4.29. The fourth-order valence-corrected chi connectivity index (χ4v) is 4.61. The van der Waals surface area contributed by atoms with Crippen LogP contribution in [0, 0.1) is 5.92 Å². The third-order valence-corrected chi connectivity index (χ3v) is 6.22. The Morgan fingerprint density at radius 3 is 2.77 bits per heavy atom. The van der Waals surface area contributed by atoms with Gasteiger partial charge in [0.2, 0.25) is 5.91 Å². The summed E-state index contributed by atoms with van der Waals surface area (Å²) in [7, 11) is 1.65. The Hall–Kier alpha value is -2.80. The third-order valence-electron chi connectivity index (χ3n) is 5.31. The van der Waals surface area contributed by atoms with Crippen LogP contribution in [0.2, 0.25) is 0 Å². The lowest BCUT2D eigenvalue weighted by Crippen LogP contribution is -2.40. The SMILES string of the molecule is COc1cccc(-c2nnc(SCC(=O)N3CCCC(C)C3)n2-c2ccccc2)c1. The van der Waals surface area contributed by atoms with Crippen molar-refractivity contribution in [2.24, 2.45) is 5.92 Å². The molecule has 6 nitrogen and oxygen atoms in total. The Labute approximate surface area is 181 Å². The van der Waals surface area contributed by atoms with Gasteiger partial charge < -0.3 is 9.64 Å². The molecule has 1 fully saturated rings. The highest BCUT2D eigenvalue weighted by molar-refractivity contribution is 7.99. The zero-order valence-corrected chi connectivity index (χ0v) is 18.1. The summed E-state index contributed by atoms with van der Waals surface area (Å²) >= 11 is 1.44. The number of thioether (sulfide) groups is 1. The molecule has 3 aromatic rings. The molecule has 0 saturated carbocycles. The lowest BCUT2D eigenvalue weighted by Gasteiger charge is -2.30. The molecule has 1 atom stereocenters. The summed E-state index contributed by atoms with van der Waals surface area (Å²) in [5.41, 5.74) is 1.87. The number of likely N-dealkylation sites (tertiary alicyclic amines) is 1. The predicted molar refractivity (Wildman–Crippen MR) is 119 cm³/mol. The molecule has 0 spiro atoms. The molecule has 0 bridgehead atoms. The van der Waals surface area contributed by atoms with E-state index in [-0.39, 0.29) is 5.91 Å². The summed E-state index contributed by atoms with van der Waals surface area (Å²) < 4.78 is 7.38. The molecule has 1 aromatic heterocycles. The molecule has 1 aliphatic heterocycles. The Balaban J connectivity index is 1.61. The highest BCUT2D eigenvalue weighted by atomic mass is 32.2. The van der Waals surface area contributed by atoms with Gasteiger partial charge in [-0.25, -0.2) is 0 Å². The van der Waals surface area contributed by atoms with E-state index >= 15 is 0 Å². The maximum absolute atomic E-state index is 12.8. The fourth-order valence-electron chi connectivity index (χ4n) is 3.76. The second kappa shape index (κ2) is 9.34. The van der Waals surface area contributed by atoms with E-state index in [4.69, 9.17) is 4.74 Å². The first-order valence-electron chi connectivity index (χ1n) is 10.2. The van der Waals surface area contributed by atoms with Crippen molar-refractivity contribution in [3.8, 4) is 22.8 Å². The molecular formula is C23H26N4O2S. The minimum absolute atomic E-state index is 0.164. The number of amides is 1. The van der Waals surface area contributed by atoms with Crippen LogP contribution in [0.1, 0.15) is 19.8 Å². The van der Waals surface area contributed by atoms with Crippen molar-refractivity contribution in [3.05, 3.63) is 54.6 Å². The van der Waals surface area contributed by atoms with Gasteiger partial charge in [0.15, 0.2) is 11.0 Å². The van der Waals surface area contributed by atoms with Crippen LogP contribution in [0.25, 0.3) is 17.1 Å². The summed E-state index contributed by atoms with van der Waals surface area (Å²) in [6.07, 6.45) is 2.28. The van der Waals surface area contributed by atoms with Crippen LogP contribution in [-0.2, 0) is 4.79 Å². The summed E-state index contributed by atoms with van der Waals surface area (Å²) in [4.78, 5) is 14.7. The van der Waals surface area contributed by atoms with E-state index in [1.807, 2.05) is 64.1 Å². The summed E-state index contributed by atoms with van der Waals surface area (Å²) in [6.45, 7) is 3.91. The van der Waals surface area contributed by atoms with Crippen LogP contribution >= 0.6 is 11.8 Å². The number of methoxy groups -OCH3 is 1. The van der Waals surface area contributed by atoms with Gasteiger partial charge in [-0.05, 0) is 43.0 Å². The van der Waals surface area contributed by atoms with Crippen molar-refractivity contribution in [1.82, 2.24) is 19.7 Å². The molecule has 0 aliphatic carbocycles. The molecule has 2 aromatic carbocycles. The molecule has 30 heavy (non-hydrogen) atoms. The van der Waals surface area contributed by atoms with Gasteiger partial charge in [0.25, 0.3) is 0 Å². The lowest BCUT2D eigenvalue weighted by molar-refractivity contribution is -0.130. The molecular weight excluding hydrogens is 396 g/mol. The first-order valence-corrected chi connectivity index (χ1v) is 11.2. The summed E-state index contributed by atoms with van der Waals surface area (Å²) in [5, 5.41) is 9.58. The number of carbonyl (C=O) groups is 1. The number of aromatic nitrogens is 3. The van der Waals surface area contributed by atoms with Crippen molar-refractivity contribution < 1.29 is 9.53 Å². The average Bonchev–Trinajstić information content (AvgIpc) is 3.22. The quantitative estimate of drug-likeness (QED) is 0.555. The molecule has 1 saturated heterocycles. The highest BCUT2D eigenvalue weighted by Gasteiger charge is 2.23. The van der Waals surface area contributed by atoms with E-state index in [1.165, 1.54) is 18.2 Å². The molecule has 0 N–H and O–H groups in total. The van der Waals surface area contributed by atoms with Gasteiger partial charge in [-0.15, -0.1) is 10.2 Å². The van der Waals surface area contributed by atoms with E-state index in [0.29, 0.717) is 16.8 Å². The largest absolute Gasteiger partial charge is 0.497 e. The maximum atomic E-state index is 12.8. The number of nitrogens with zero attached hydrogens (tertiary/aromatic N) is 4. The molecule has 1 unspecified atom stereocenters. The molecule has 4 rings (SSSR count). The van der Waals surface area contributed by atoms with Crippen LogP contribution in [-0.4, -0.2) is 51.5 Å². The van der Waals surface area contributed by atoms with Gasteiger partial charge in [0.1, 0.15) is 5.75 Å². The second-order valence-electron chi connectivity index (χ2n) is 7.58. The molecule has 1 aliphatic rings. The Morgan fingerprint density at radius 1 is 1.17 bits per heavy atom. The topological polar surface area (TPSA) is 60.3 Å². The summed E-state index contributed by atoms with van der Waals surface area (Å²) in [6, 6.07) is 17.8. The van der Waals surface area contributed by atoms with Crippen molar-refractivity contribution in [2.75, 3.05) is 26.0 Å². The normalized spacial score (nSPS) is 16.5. The third kappa shape index (κ3) is 4.51. The molecule has 0 radical (unpaired) electrons. The number of para-hydroxylation sites is 1. The van der Waals surface area contributed by atoms with Crippen molar-refractivity contribution in [2.45, 2.75) is 24.9 Å². The number of hydrogen-bond acceptors (Lipinski definition) is 5. The maximum Gasteiger partial charge on any atom is 0.233 e. The monoisotopic (exact) mass is 422 g/mol. The van der Waals surface area contributed by atoms with Gasteiger partial charge in [-0.3, -0.25) is 9.36 Å². The second-order valence-corrected chi connectivity index (χ2v) is 8.53. The number of carbonyl (C=O) groups excluding carboxylic acids is 1. The van der Waals surface area contributed by atoms with E-state index in [2.05, 4.69) is 17.1 Å². The number of piperidine rings is 1. The average molecular weight is 423 g/mol. The van der Waals surface area contributed by atoms with Crippen LogP contribution in [0.15, 0.2) is 59.8 Å². The van der Waals surface area contributed by atoms with Gasteiger partial charge in [-0.2, -0.15) is 0 Å². The van der Waals surface area contributed by atoms with Crippen molar-refractivity contribution >= 4 is 17.7 Å². The number of rotatable bonds is 6. The summed E-state index contributed by atoms with van der Waals surface area (Å²) in [5.74, 6) is 2.58. The van der Waals surface area contributed by atoms with E-state index < -0.39 is 0 Å². The molecule has 1 amide bonds. The van der Waals surface area contributed by atoms with Crippen molar-refractivity contribution in [3.63, 3.8) is 0 Å². The molecule has 7 heteroatoms. The lowest BCUT2D eigenvalue weighted by atomic mass is 10.0. The minimum atomic E-state index is 0.164. The fraction of sp³-hybridized carbons (Fsp3) is 0.348. The Bertz CT molecular complexity index is 1010. The Morgan fingerprint density at radius 2 is 2.00 bits per heavy atom. The zero-order chi connectivity index (χ0) is 20.9. The number of hydrogen-bond donors (Lipinski definition) is 0. The minimum Gasteiger partial charge on any atom is -0.497 e. The highest BCUT2D eigenvalue weighted by Crippen LogP contribution is 2.30. The molecule has 156 valence electrons. The van der Waals surface area contributed by atoms with Gasteiger partial charge in [-0.1, -0.05) is 49.0 Å². The first kappa shape index (κ1) is 20.5. The van der Waals surface area contributed by atoms with Crippen LogP contribution in [0.5, 0.6) is 5.75 Å². The van der Waals surface area contributed by atoms with Crippen molar-refractivity contribution in [1.29, 1.82) is 0 Å². The standard InChI is InChI=1S/C23H26N4O2S/c1-17-8-7-13-26(15-17)21(28)16-30-23-25-24-22(18-9-6-12-20(14-18)29-2)27(23)19-10-4-3-5-11-19/h3-6,9-12,14,17H,7-8,13,15-16H2,1-2H3. The van der Waals surface area contributed by atoms with Gasteiger partial charge >= 0.3 is 0 Å². The van der Waals surface area contributed by atoms with Crippen LogP contribution in [0.4, 0.5) is 0 Å². The Kier molecular flexibility index (Phi) is 6.38. The first-order chi connectivity index (χ1) is 14.7. The van der Waals surface area contributed by atoms with Gasteiger partial charge in [0, 0.05) is 24.3 Å². The molecule has 2 heterocycles. The van der Waals surface area contributed by atoms with Gasteiger partial charge in [0.05, 0.1) is 12.9 Å². The van der Waals surface area contributed by atoms with E-state index in [0.717, 1.165) is 42.3 Å².